The summed E-state index contributed by atoms with van der Waals surface area (Å²) in [5.41, 5.74) is -0.0586. The number of nitrogens with one attached hydrogen (secondary N) is 1. The van der Waals surface area contributed by atoms with Gasteiger partial charge in [0.2, 0.25) is 5.91 Å². The molecule has 1 aromatic rings. The van der Waals surface area contributed by atoms with Crippen molar-refractivity contribution in [2.24, 2.45) is 0 Å². The Labute approximate surface area is 94.0 Å². The first-order chi connectivity index (χ1) is 7.72. The second kappa shape index (κ2) is 6.79. The van der Waals surface area contributed by atoms with Gasteiger partial charge in [0.15, 0.2) is 5.43 Å². The van der Waals surface area contributed by atoms with Gasteiger partial charge in [-0.3, -0.25) is 9.59 Å². The molecule has 0 bridgehead atoms. The second-order valence-corrected chi connectivity index (χ2v) is 3.40. The van der Waals surface area contributed by atoms with Crippen LogP contribution in [-0.4, -0.2) is 30.7 Å². The van der Waals surface area contributed by atoms with Crippen LogP contribution in [0.5, 0.6) is 0 Å². The third-order valence-corrected chi connectivity index (χ3v) is 2.03. The van der Waals surface area contributed by atoms with Crippen LogP contribution in [-0.2, 0) is 16.1 Å². The van der Waals surface area contributed by atoms with Crippen LogP contribution in [0.3, 0.4) is 0 Å². The minimum Gasteiger partial charge on any atom is -0.385 e. The summed E-state index contributed by atoms with van der Waals surface area (Å²) in [6.07, 6.45) is 3.99. The van der Waals surface area contributed by atoms with E-state index in [0.717, 1.165) is 6.42 Å². The minimum absolute atomic E-state index is 0.0586. The fourth-order valence-electron chi connectivity index (χ4n) is 1.22. The van der Waals surface area contributed by atoms with E-state index in [4.69, 9.17) is 4.74 Å². The monoisotopic (exact) mass is 224 g/mol. The molecule has 1 heterocycles. The first kappa shape index (κ1) is 12.4. The Morgan fingerprint density at radius 1 is 1.44 bits per heavy atom. The van der Waals surface area contributed by atoms with E-state index in [-0.39, 0.29) is 17.9 Å². The molecule has 0 aliphatic heterocycles. The van der Waals surface area contributed by atoms with Gasteiger partial charge >= 0.3 is 0 Å². The number of hydrogen-bond donors (Lipinski definition) is 1. The molecule has 16 heavy (non-hydrogen) atoms. The van der Waals surface area contributed by atoms with Gasteiger partial charge in [0.25, 0.3) is 0 Å². The van der Waals surface area contributed by atoms with Crippen LogP contribution in [0.25, 0.3) is 0 Å². The van der Waals surface area contributed by atoms with Crippen molar-refractivity contribution in [3.8, 4) is 0 Å². The lowest BCUT2D eigenvalue weighted by atomic mass is 10.4. The molecule has 0 aliphatic carbocycles. The number of ether oxygens (including phenoxy) is 1. The molecule has 0 fully saturated rings. The predicted molar refractivity (Wildman–Crippen MR) is 60.2 cm³/mol. The zero-order valence-corrected chi connectivity index (χ0v) is 9.31. The number of aromatic nitrogens is 1. The number of hydrogen-bond acceptors (Lipinski definition) is 3. The van der Waals surface area contributed by atoms with Gasteiger partial charge in [0, 0.05) is 44.8 Å². The molecule has 0 aromatic carbocycles. The maximum atomic E-state index is 11.4. The molecule has 0 unspecified atom stereocenters. The first-order valence-corrected chi connectivity index (χ1v) is 5.14. The molecule has 0 saturated carbocycles. The van der Waals surface area contributed by atoms with Crippen molar-refractivity contribution in [2.45, 2.75) is 13.0 Å². The molecule has 1 rings (SSSR count). The highest BCUT2D eigenvalue weighted by Crippen LogP contribution is 1.85. The van der Waals surface area contributed by atoms with Crippen LogP contribution in [0.2, 0.25) is 0 Å². The average molecular weight is 224 g/mol. The highest BCUT2D eigenvalue weighted by molar-refractivity contribution is 5.75. The molecule has 0 spiro atoms. The van der Waals surface area contributed by atoms with Gasteiger partial charge < -0.3 is 14.6 Å². The van der Waals surface area contributed by atoms with Crippen LogP contribution in [0.15, 0.2) is 29.3 Å². The van der Waals surface area contributed by atoms with Gasteiger partial charge in [-0.1, -0.05) is 0 Å². The normalized spacial score (nSPS) is 10.1. The molecule has 5 nitrogen and oxygen atoms in total. The Morgan fingerprint density at radius 3 is 2.75 bits per heavy atom. The predicted octanol–water partition coefficient (Wildman–Crippen LogP) is 0.001000. The smallest absolute Gasteiger partial charge is 0.239 e. The molecule has 1 aromatic heterocycles. The summed E-state index contributed by atoms with van der Waals surface area (Å²) in [6, 6.07) is 2.86. The largest absolute Gasteiger partial charge is 0.385 e. The molecule has 88 valence electrons. The Bertz CT molecular complexity index is 367. The summed E-state index contributed by atoms with van der Waals surface area (Å²) >= 11 is 0. The van der Waals surface area contributed by atoms with Crippen LogP contribution < -0.4 is 10.7 Å². The molecule has 0 aliphatic rings. The maximum absolute atomic E-state index is 11.4. The van der Waals surface area contributed by atoms with E-state index in [1.54, 1.807) is 24.1 Å². The Hall–Kier alpha value is -1.62. The van der Waals surface area contributed by atoms with E-state index >= 15 is 0 Å². The van der Waals surface area contributed by atoms with Crippen molar-refractivity contribution in [3.63, 3.8) is 0 Å². The van der Waals surface area contributed by atoms with Gasteiger partial charge in [-0.2, -0.15) is 0 Å². The third kappa shape index (κ3) is 4.75. The van der Waals surface area contributed by atoms with Gasteiger partial charge in [0.05, 0.1) is 0 Å². The lowest BCUT2D eigenvalue weighted by Crippen LogP contribution is -2.29. The summed E-state index contributed by atoms with van der Waals surface area (Å²) in [5.74, 6) is -0.0697. The number of pyridine rings is 1. The van der Waals surface area contributed by atoms with Gasteiger partial charge in [-0.05, 0) is 6.42 Å². The summed E-state index contributed by atoms with van der Waals surface area (Å²) in [6.45, 7) is 1.47. The van der Waals surface area contributed by atoms with E-state index in [1.165, 1.54) is 12.1 Å². The molecule has 5 heteroatoms. The van der Waals surface area contributed by atoms with Gasteiger partial charge in [0.1, 0.15) is 6.54 Å². The summed E-state index contributed by atoms with van der Waals surface area (Å²) in [4.78, 5) is 22.2. The number of rotatable bonds is 6. The van der Waals surface area contributed by atoms with Crippen molar-refractivity contribution in [3.05, 3.63) is 34.7 Å². The lowest BCUT2D eigenvalue weighted by molar-refractivity contribution is -0.121. The SMILES string of the molecule is COCCCNC(=O)Cn1ccc(=O)cc1. The van der Waals surface area contributed by atoms with E-state index in [0.29, 0.717) is 13.2 Å². The average Bonchev–Trinajstić information content (AvgIpc) is 2.28. The summed E-state index contributed by atoms with van der Waals surface area (Å²) in [7, 11) is 1.63. The quantitative estimate of drug-likeness (QED) is 0.692. The van der Waals surface area contributed by atoms with Crippen LogP contribution in [0, 0.1) is 0 Å². The summed E-state index contributed by atoms with van der Waals surface area (Å²) in [5, 5.41) is 2.76. The Kier molecular flexibility index (Phi) is 5.28. The van der Waals surface area contributed by atoms with E-state index in [9.17, 15) is 9.59 Å². The fraction of sp³-hybridized carbons (Fsp3) is 0.455. The zero-order chi connectivity index (χ0) is 11.8. The summed E-state index contributed by atoms with van der Waals surface area (Å²) < 4.78 is 6.52. The first-order valence-electron chi connectivity index (χ1n) is 5.14. The fourth-order valence-corrected chi connectivity index (χ4v) is 1.22. The van der Waals surface area contributed by atoms with Crippen molar-refractivity contribution in [2.75, 3.05) is 20.3 Å². The van der Waals surface area contributed by atoms with E-state index < -0.39 is 0 Å². The number of carbonyl (C=O) groups excluding carboxylic acids is 1. The number of carbonyl (C=O) groups is 1. The topological polar surface area (TPSA) is 60.3 Å². The van der Waals surface area contributed by atoms with Crippen molar-refractivity contribution >= 4 is 5.91 Å². The lowest BCUT2D eigenvalue weighted by Gasteiger charge is -2.06. The number of amides is 1. The molecule has 0 saturated heterocycles. The van der Waals surface area contributed by atoms with Crippen molar-refractivity contribution < 1.29 is 9.53 Å². The molecule has 0 atom stereocenters. The van der Waals surface area contributed by atoms with Crippen LogP contribution in [0.1, 0.15) is 6.42 Å². The number of nitrogens with zero attached hydrogens (tertiary/aromatic N) is 1. The van der Waals surface area contributed by atoms with E-state index in [1.807, 2.05) is 0 Å². The van der Waals surface area contributed by atoms with Crippen LogP contribution >= 0.6 is 0 Å². The molecular weight excluding hydrogens is 208 g/mol. The van der Waals surface area contributed by atoms with Crippen molar-refractivity contribution in [1.29, 1.82) is 0 Å². The molecule has 1 amide bonds. The highest BCUT2D eigenvalue weighted by atomic mass is 16.5. The molecule has 0 radical (unpaired) electrons. The van der Waals surface area contributed by atoms with E-state index in [2.05, 4.69) is 5.32 Å². The standard InChI is InChI=1S/C11H16N2O3/c1-16-8-2-5-12-11(15)9-13-6-3-10(14)4-7-13/h3-4,6-7H,2,5,8-9H2,1H3,(H,12,15). The molecule has 1 N–H and O–H groups in total. The number of methoxy groups -OCH3 is 1. The second-order valence-electron chi connectivity index (χ2n) is 3.40. The van der Waals surface area contributed by atoms with Crippen molar-refractivity contribution in [1.82, 2.24) is 9.88 Å². The zero-order valence-electron chi connectivity index (χ0n) is 9.31. The minimum atomic E-state index is -0.0697. The highest BCUT2D eigenvalue weighted by Gasteiger charge is 2.00. The Balaban J connectivity index is 2.28. The van der Waals surface area contributed by atoms with Gasteiger partial charge in [-0.25, -0.2) is 0 Å². The van der Waals surface area contributed by atoms with Gasteiger partial charge in [-0.15, -0.1) is 0 Å². The van der Waals surface area contributed by atoms with Crippen LogP contribution in [0.4, 0.5) is 0 Å². The molecular formula is C11H16N2O3. The Morgan fingerprint density at radius 2 is 2.12 bits per heavy atom. The third-order valence-electron chi connectivity index (χ3n) is 2.03. The maximum Gasteiger partial charge on any atom is 0.239 e.